The van der Waals surface area contributed by atoms with Crippen molar-refractivity contribution in [1.29, 1.82) is 0 Å². The lowest BCUT2D eigenvalue weighted by molar-refractivity contribution is -0.125. The SMILES string of the molecule is C=CCNC(=O)C1CCN(c2nc3ccc(F)cc3s2)CC1. The van der Waals surface area contributed by atoms with Crippen molar-refractivity contribution in [2.24, 2.45) is 5.92 Å². The lowest BCUT2D eigenvalue weighted by Crippen LogP contribution is -2.40. The Morgan fingerprint density at radius 3 is 3.00 bits per heavy atom. The first-order valence-electron chi connectivity index (χ1n) is 7.37. The number of hydrogen-bond acceptors (Lipinski definition) is 4. The average molecular weight is 319 g/mol. The number of benzene rings is 1. The van der Waals surface area contributed by atoms with Crippen LogP contribution in [0.1, 0.15) is 12.8 Å². The standard InChI is InChI=1S/C16H18FN3OS/c1-2-7-18-15(21)11-5-8-20(9-6-11)16-19-13-4-3-12(17)10-14(13)22-16/h2-4,10-11H,1,5-9H2,(H,18,21). The molecule has 1 amide bonds. The number of anilines is 1. The van der Waals surface area contributed by atoms with Crippen molar-refractivity contribution >= 4 is 32.6 Å². The molecule has 2 heterocycles. The van der Waals surface area contributed by atoms with E-state index in [4.69, 9.17) is 0 Å². The Morgan fingerprint density at radius 2 is 2.27 bits per heavy atom. The minimum atomic E-state index is -0.236. The number of nitrogens with zero attached hydrogens (tertiary/aromatic N) is 2. The molecular weight excluding hydrogens is 301 g/mol. The summed E-state index contributed by atoms with van der Waals surface area (Å²) in [6, 6.07) is 4.66. The zero-order chi connectivity index (χ0) is 15.5. The van der Waals surface area contributed by atoms with Crippen LogP contribution in [-0.2, 0) is 4.79 Å². The van der Waals surface area contributed by atoms with Gasteiger partial charge in [-0.15, -0.1) is 6.58 Å². The van der Waals surface area contributed by atoms with Crippen LogP contribution in [0.25, 0.3) is 10.2 Å². The fraction of sp³-hybridized carbons (Fsp3) is 0.375. The third kappa shape index (κ3) is 3.11. The van der Waals surface area contributed by atoms with Crippen LogP contribution in [0.15, 0.2) is 30.9 Å². The van der Waals surface area contributed by atoms with E-state index in [1.54, 1.807) is 12.1 Å². The minimum Gasteiger partial charge on any atom is -0.352 e. The molecule has 1 aromatic carbocycles. The zero-order valence-corrected chi connectivity index (χ0v) is 13.0. The molecule has 1 aliphatic rings. The summed E-state index contributed by atoms with van der Waals surface area (Å²) >= 11 is 1.50. The molecule has 116 valence electrons. The van der Waals surface area contributed by atoms with Gasteiger partial charge < -0.3 is 10.2 Å². The number of carbonyl (C=O) groups is 1. The van der Waals surface area contributed by atoms with Crippen LogP contribution in [0.5, 0.6) is 0 Å². The van der Waals surface area contributed by atoms with Gasteiger partial charge in [-0.3, -0.25) is 4.79 Å². The van der Waals surface area contributed by atoms with Gasteiger partial charge in [-0.2, -0.15) is 0 Å². The van der Waals surface area contributed by atoms with Crippen molar-refractivity contribution in [3.05, 3.63) is 36.7 Å². The smallest absolute Gasteiger partial charge is 0.223 e. The Balaban J connectivity index is 1.65. The number of hydrogen-bond donors (Lipinski definition) is 1. The van der Waals surface area contributed by atoms with E-state index in [-0.39, 0.29) is 17.6 Å². The molecule has 1 aliphatic heterocycles. The molecular formula is C16H18FN3OS. The third-order valence-corrected chi connectivity index (χ3v) is 4.98. The van der Waals surface area contributed by atoms with Crippen molar-refractivity contribution in [1.82, 2.24) is 10.3 Å². The lowest BCUT2D eigenvalue weighted by atomic mass is 9.96. The fourth-order valence-electron chi connectivity index (χ4n) is 2.67. The second kappa shape index (κ2) is 6.44. The second-order valence-electron chi connectivity index (χ2n) is 5.40. The summed E-state index contributed by atoms with van der Waals surface area (Å²) in [6.07, 6.45) is 3.31. The number of carbonyl (C=O) groups excluding carboxylic acids is 1. The van der Waals surface area contributed by atoms with E-state index in [1.807, 2.05) is 0 Å². The fourth-order valence-corrected chi connectivity index (χ4v) is 3.71. The molecule has 0 unspecified atom stereocenters. The largest absolute Gasteiger partial charge is 0.352 e. The van der Waals surface area contributed by atoms with Crippen LogP contribution in [0.2, 0.25) is 0 Å². The number of fused-ring (bicyclic) bond motifs is 1. The van der Waals surface area contributed by atoms with Crippen molar-refractivity contribution < 1.29 is 9.18 Å². The highest BCUT2D eigenvalue weighted by Crippen LogP contribution is 2.31. The number of piperidine rings is 1. The molecule has 1 N–H and O–H groups in total. The van der Waals surface area contributed by atoms with Gasteiger partial charge in [-0.1, -0.05) is 17.4 Å². The van der Waals surface area contributed by atoms with Crippen LogP contribution in [0.3, 0.4) is 0 Å². The Morgan fingerprint density at radius 1 is 1.50 bits per heavy atom. The predicted molar refractivity (Wildman–Crippen MR) is 87.7 cm³/mol. The van der Waals surface area contributed by atoms with Crippen molar-refractivity contribution in [3.8, 4) is 0 Å². The number of aromatic nitrogens is 1. The van der Waals surface area contributed by atoms with Gasteiger partial charge >= 0.3 is 0 Å². The quantitative estimate of drug-likeness (QED) is 0.881. The van der Waals surface area contributed by atoms with E-state index in [2.05, 4.69) is 21.8 Å². The molecule has 22 heavy (non-hydrogen) atoms. The molecule has 0 bridgehead atoms. The molecule has 0 spiro atoms. The molecule has 6 heteroatoms. The summed E-state index contributed by atoms with van der Waals surface area (Å²) in [7, 11) is 0. The minimum absolute atomic E-state index is 0.0584. The van der Waals surface area contributed by atoms with E-state index >= 15 is 0 Å². The molecule has 1 fully saturated rings. The van der Waals surface area contributed by atoms with Crippen molar-refractivity contribution in [2.45, 2.75) is 12.8 Å². The van der Waals surface area contributed by atoms with Gasteiger partial charge in [0, 0.05) is 25.6 Å². The average Bonchev–Trinajstić information content (AvgIpc) is 2.95. The number of halogens is 1. The monoisotopic (exact) mass is 319 g/mol. The summed E-state index contributed by atoms with van der Waals surface area (Å²) in [6.45, 7) is 5.72. The van der Waals surface area contributed by atoms with Gasteiger partial charge in [-0.25, -0.2) is 9.37 Å². The number of thiazole rings is 1. The first kappa shape index (κ1) is 15.0. The molecule has 1 aromatic heterocycles. The first-order chi connectivity index (χ1) is 10.7. The maximum atomic E-state index is 13.2. The van der Waals surface area contributed by atoms with E-state index in [9.17, 15) is 9.18 Å². The van der Waals surface area contributed by atoms with Crippen molar-refractivity contribution in [3.63, 3.8) is 0 Å². The molecule has 2 aromatic rings. The highest BCUT2D eigenvalue weighted by Gasteiger charge is 2.26. The molecule has 0 saturated carbocycles. The van der Waals surface area contributed by atoms with Crippen LogP contribution in [0, 0.1) is 11.7 Å². The molecule has 0 radical (unpaired) electrons. The van der Waals surface area contributed by atoms with Gasteiger partial charge in [0.2, 0.25) is 5.91 Å². The van der Waals surface area contributed by atoms with Gasteiger partial charge in [0.25, 0.3) is 0 Å². The number of nitrogens with one attached hydrogen (secondary N) is 1. The van der Waals surface area contributed by atoms with Crippen LogP contribution >= 0.6 is 11.3 Å². The summed E-state index contributed by atoms with van der Waals surface area (Å²) in [5.41, 5.74) is 0.826. The van der Waals surface area contributed by atoms with E-state index in [0.29, 0.717) is 6.54 Å². The summed E-state index contributed by atoms with van der Waals surface area (Å²) < 4.78 is 14.1. The summed E-state index contributed by atoms with van der Waals surface area (Å²) in [5.74, 6) is -0.0748. The Labute approximate surface area is 132 Å². The van der Waals surface area contributed by atoms with Gasteiger partial charge in [0.15, 0.2) is 5.13 Å². The second-order valence-corrected chi connectivity index (χ2v) is 6.41. The highest BCUT2D eigenvalue weighted by atomic mass is 32.1. The van der Waals surface area contributed by atoms with Crippen molar-refractivity contribution in [2.75, 3.05) is 24.5 Å². The third-order valence-electron chi connectivity index (χ3n) is 3.90. The Kier molecular flexibility index (Phi) is 4.38. The molecule has 0 atom stereocenters. The molecule has 3 rings (SSSR count). The summed E-state index contributed by atoms with van der Waals surface area (Å²) in [4.78, 5) is 18.7. The van der Waals surface area contributed by atoms with Gasteiger partial charge in [0.05, 0.1) is 10.2 Å². The van der Waals surface area contributed by atoms with E-state index < -0.39 is 0 Å². The molecule has 4 nitrogen and oxygen atoms in total. The maximum absolute atomic E-state index is 13.2. The molecule has 1 saturated heterocycles. The van der Waals surface area contributed by atoms with Crippen LogP contribution < -0.4 is 10.2 Å². The van der Waals surface area contributed by atoms with Crippen LogP contribution in [-0.4, -0.2) is 30.5 Å². The van der Waals surface area contributed by atoms with Gasteiger partial charge in [0.1, 0.15) is 5.82 Å². The Bertz CT molecular complexity index is 692. The maximum Gasteiger partial charge on any atom is 0.223 e. The first-order valence-corrected chi connectivity index (χ1v) is 8.18. The highest BCUT2D eigenvalue weighted by molar-refractivity contribution is 7.22. The number of rotatable bonds is 4. The lowest BCUT2D eigenvalue weighted by Gasteiger charge is -2.30. The van der Waals surface area contributed by atoms with Crippen LogP contribution in [0.4, 0.5) is 9.52 Å². The zero-order valence-electron chi connectivity index (χ0n) is 12.2. The van der Waals surface area contributed by atoms with E-state index in [1.165, 1.54) is 23.5 Å². The summed E-state index contributed by atoms with van der Waals surface area (Å²) in [5, 5.41) is 3.76. The predicted octanol–water partition coefficient (Wildman–Crippen LogP) is 2.95. The van der Waals surface area contributed by atoms with Gasteiger partial charge in [-0.05, 0) is 31.0 Å². The number of amides is 1. The Hall–Kier alpha value is -1.95. The topological polar surface area (TPSA) is 45.2 Å². The van der Waals surface area contributed by atoms with E-state index in [0.717, 1.165) is 41.3 Å². The molecule has 0 aliphatic carbocycles. The normalized spacial score (nSPS) is 16.0.